The quantitative estimate of drug-likeness (QED) is 0.159. The first-order valence-electron chi connectivity index (χ1n) is 12.0. The van der Waals surface area contributed by atoms with Gasteiger partial charge in [-0.25, -0.2) is 0 Å². The summed E-state index contributed by atoms with van der Waals surface area (Å²) in [6, 6.07) is 6.03. The Morgan fingerprint density at radius 2 is 1.30 bits per heavy atom. The molecule has 1 atom stereocenters. The molecule has 1 rings (SSSR count). The Hall–Kier alpha value is -0.120. The highest BCUT2D eigenvalue weighted by Gasteiger charge is 2.19. The molecule has 0 aliphatic heterocycles. The Morgan fingerprint density at radius 1 is 0.800 bits per heavy atom. The average Bonchev–Trinajstić information content (AvgIpc) is 2.73. The summed E-state index contributed by atoms with van der Waals surface area (Å²) >= 11 is 10.3. The van der Waals surface area contributed by atoms with Crippen LogP contribution in [-0.4, -0.2) is 4.89 Å². The van der Waals surface area contributed by atoms with Gasteiger partial charge < -0.3 is 9.42 Å². The molecule has 1 N–H and O–H groups in total. The van der Waals surface area contributed by atoms with Crippen LogP contribution < -0.4 is 4.52 Å². The Labute approximate surface area is 195 Å². The summed E-state index contributed by atoms with van der Waals surface area (Å²) in [5.74, 6) is 0.632. The summed E-state index contributed by atoms with van der Waals surface area (Å²) in [5, 5.41) is 0. The number of benzene rings is 1. The molecule has 0 saturated carbocycles. The summed E-state index contributed by atoms with van der Waals surface area (Å²) in [5.41, 5.74) is 2.46. The number of hydrogen-bond donors (Lipinski definition) is 1. The summed E-state index contributed by atoms with van der Waals surface area (Å²) in [6.07, 6.45) is 19.9. The number of hydrogen-bond acceptors (Lipinski definition) is 3. The zero-order chi connectivity index (χ0) is 22.1. The van der Waals surface area contributed by atoms with Crippen molar-refractivity contribution in [2.45, 2.75) is 117 Å². The van der Waals surface area contributed by atoms with E-state index in [1.165, 1.54) is 89.0 Å². The Morgan fingerprint density at radius 3 is 1.83 bits per heavy atom. The van der Waals surface area contributed by atoms with E-state index in [0.717, 1.165) is 24.8 Å². The van der Waals surface area contributed by atoms with Crippen LogP contribution in [0.4, 0.5) is 0 Å². The normalized spacial score (nSPS) is 13.3. The Kier molecular flexibility index (Phi) is 16.2. The van der Waals surface area contributed by atoms with Crippen LogP contribution in [0, 0.1) is 0 Å². The van der Waals surface area contributed by atoms with Gasteiger partial charge in [0.25, 0.3) is 0 Å². The fraction of sp³-hybridized carbons (Fsp3) is 0.750. The minimum atomic E-state index is -3.45. The highest BCUT2D eigenvalue weighted by Crippen LogP contribution is 2.47. The number of unbranched alkanes of at least 4 members (excludes halogenated alkanes) is 12. The van der Waals surface area contributed by atoms with Crippen LogP contribution in [0.25, 0.3) is 0 Å². The standard InChI is InChI=1S/C24H42ClO3PS/c1-3-5-7-9-11-13-15-18-22-19-17-21-24(27-29(26,30)28-25)23(22)20-16-14-12-10-8-6-4-2/h17,19,21H,3-16,18,20H2,1-2H3,(H,26,30). The number of halogens is 1. The first-order chi connectivity index (χ1) is 14.5. The van der Waals surface area contributed by atoms with Crippen molar-refractivity contribution in [1.82, 2.24) is 0 Å². The van der Waals surface area contributed by atoms with Crippen molar-refractivity contribution >= 4 is 30.4 Å². The second kappa shape index (κ2) is 17.4. The fourth-order valence-corrected chi connectivity index (χ4v) is 4.66. The van der Waals surface area contributed by atoms with Crippen molar-refractivity contribution in [2.75, 3.05) is 0 Å². The lowest BCUT2D eigenvalue weighted by Gasteiger charge is -2.18. The van der Waals surface area contributed by atoms with Crippen LogP contribution in [0.5, 0.6) is 5.75 Å². The van der Waals surface area contributed by atoms with Crippen LogP contribution in [0.3, 0.4) is 0 Å². The third-order valence-electron chi connectivity index (χ3n) is 5.61. The van der Waals surface area contributed by atoms with Crippen LogP contribution >= 0.6 is 18.6 Å². The van der Waals surface area contributed by atoms with Gasteiger partial charge in [0.1, 0.15) is 5.75 Å². The predicted octanol–water partition coefficient (Wildman–Crippen LogP) is 9.04. The minimum Gasteiger partial charge on any atom is -0.423 e. The maximum atomic E-state index is 10.1. The van der Waals surface area contributed by atoms with Crippen LogP contribution in [-0.2, 0) is 28.7 Å². The lowest BCUT2D eigenvalue weighted by molar-refractivity contribution is 0.389. The highest BCUT2D eigenvalue weighted by molar-refractivity contribution is 8.07. The molecule has 0 aromatic heterocycles. The molecular weight excluding hydrogens is 435 g/mol. The molecular formula is C24H42ClO3PS. The molecule has 1 aromatic carbocycles. The van der Waals surface area contributed by atoms with Crippen molar-refractivity contribution in [3.8, 4) is 5.75 Å². The third kappa shape index (κ3) is 12.7. The van der Waals surface area contributed by atoms with Gasteiger partial charge in [-0.05, 0) is 42.9 Å². The van der Waals surface area contributed by atoms with E-state index in [1.54, 1.807) is 0 Å². The molecule has 3 nitrogen and oxygen atoms in total. The Bertz CT molecular complexity index is 612. The van der Waals surface area contributed by atoms with Crippen LogP contribution in [0.1, 0.15) is 115 Å². The maximum Gasteiger partial charge on any atom is 0.394 e. The average molecular weight is 477 g/mol. The SMILES string of the molecule is CCCCCCCCCc1cccc(OP(O)(=S)OCl)c1CCCCCCCCC. The molecule has 0 spiro atoms. The lowest BCUT2D eigenvalue weighted by Crippen LogP contribution is -2.01. The van der Waals surface area contributed by atoms with Gasteiger partial charge in [-0.1, -0.05) is 103 Å². The van der Waals surface area contributed by atoms with E-state index >= 15 is 0 Å². The molecule has 0 aliphatic carbocycles. The van der Waals surface area contributed by atoms with Crippen molar-refractivity contribution in [1.29, 1.82) is 0 Å². The summed E-state index contributed by atoms with van der Waals surface area (Å²) < 4.78 is 10.1. The lowest BCUT2D eigenvalue weighted by atomic mass is 9.95. The first-order valence-corrected chi connectivity index (χ1v) is 14.9. The predicted molar refractivity (Wildman–Crippen MR) is 134 cm³/mol. The third-order valence-corrected chi connectivity index (χ3v) is 7.47. The summed E-state index contributed by atoms with van der Waals surface area (Å²) in [7, 11) is 0. The van der Waals surface area contributed by atoms with Crippen molar-refractivity contribution < 1.29 is 13.5 Å². The molecule has 0 amide bonds. The summed E-state index contributed by atoms with van der Waals surface area (Å²) in [4.78, 5) is 10.1. The highest BCUT2D eigenvalue weighted by atomic mass is 35.5. The molecule has 0 bridgehead atoms. The van der Waals surface area contributed by atoms with Crippen LogP contribution in [0.2, 0.25) is 0 Å². The molecule has 0 aliphatic rings. The van der Waals surface area contributed by atoms with E-state index in [4.69, 9.17) is 28.2 Å². The largest absolute Gasteiger partial charge is 0.423 e. The smallest absolute Gasteiger partial charge is 0.394 e. The van der Waals surface area contributed by atoms with Gasteiger partial charge in [0.2, 0.25) is 0 Å². The topological polar surface area (TPSA) is 38.7 Å². The molecule has 6 heteroatoms. The van der Waals surface area contributed by atoms with Crippen molar-refractivity contribution in [3.05, 3.63) is 29.3 Å². The summed E-state index contributed by atoms with van der Waals surface area (Å²) in [6.45, 7) is 1.05. The molecule has 0 heterocycles. The van der Waals surface area contributed by atoms with E-state index < -0.39 is 6.72 Å². The first kappa shape index (κ1) is 27.9. The van der Waals surface area contributed by atoms with Gasteiger partial charge in [0, 0.05) is 11.8 Å². The van der Waals surface area contributed by atoms with Crippen molar-refractivity contribution in [3.63, 3.8) is 0 Å². The zero-order valence-electron chi connectivity index (χ0n) is 19.0. The molecule has 30 heavy (non-hydrogen) atoms. The number of rotatable bonds is 19. The monoisotopic (exact) mass is 476 g/mol. The molecule has 1 unspecified atom stereocenters. The van der Waals surface area contributed by atoms with Gasteiger partial charge in [0.05, 0.1) is 11.9 Å². The molecule has 1 aromatic rings. The van der Waals surface area contributed by atoms with E-state index in [1.807, 2.05) is 12.1 Å². The minimum absolute atomic E-state index is 0.632. The Balaban J connectivity index is 2.64. The molecule has 0 fully saturated rings. The van der Waals surface area contributed by atoms with Gasteiger partial charge >= 0.3 is 6.72 Å². The van der Waals surface area contributed by atoms with E-state index in [0.29, 0.717) is 5.75 Å². The van der Waals surface area contributed by atoms with Gasteiger partial charge in [-0.15, -0.1) is 0 Å². The second-order valence-electron chi connectivity index (χ2n) is 8.27. The van der Waals surface area contributed by atoms with Crippen LogP contribution in [0.15, 0.2) is 18.2 Å². The molecule has 0 radical (unpaired) electrons. The van der Waals surface area contributed by atoms with E-state index in [-0.39, 0.29) is 0 Å². The van der Waals surface area contributed by atoms with Gasteiger partial charge in [0.15, 0.2) is 0 Å². The maximum absolute atomic E-state index is 10.1. The number of aryl methyl sites for hydroxylation is 1. The van der Waals surface area contributed by atoms with E-state index in [2.05, 4.69) is 24.0 Å². The zero-order valence-corrected chi connectivity index (χ0v) is 21.5. The fourth-order valence-electron chi connectivity index (χ4n) is 3.88. The van der Waals surface area contributed by atoms with E-state index in [9.17, 15) is 4.89 Å². The molecule has 0 saturated heterocycles. The van der Waals surface area contributed by atoms with Gasteiger partial charge in [-0.3, -0.25) is 0 Å². The second-order valence-corrected chi connectivity index (χ2v) is 11.3. The van der Waals surface area contributed by atoms with Crippen molar-refractivity contribution in [2.24, 2.45) is 0 Å². The van der Waals surface area contributed by atoms with Gasteiger partial charge in [-0.2, -0.15) is 4.08 Å². The molecule has 174 valence electrons.